The maximum atomic E-state index is 13.7. The maximum Gasteiger partial charge on any atom is 0.320 e. The molecule has 9 heteroatoms. The van der Waals surface area contributed by atoms with Crippen molar-refractivity contribution < 1.29 is 23.8 Å². The van der Waals surface area contributed by atoms with Gasteiger partial charge in [0.25, 0.3) is 0 Å². The molecule has 0 radical (unpaired) electrons. The molecule has 1 atom stereocenters. The predicted octanol–water partition coefficient (Wildman–Crippen LogP) is 3.05. The molecule has 0 aliphatic carbocycles. The number of nitrogens with one attached hydrogen (secondary N) is 1. The van der Waals surface area contributed by atoms with Crippen molar-refractivity contribution in [1.82, 2.24) is 5.32 Å². The zero-order valence-electron chi connectivity index (χ0n) is 15.6. The van der Waals surface area contributed by atoms with Crippen LogP contribution in [0.25, 0.3) is 0 Å². The third kappa shape index (κ3) is 7.84. The summed E-state index contributed by atoms with van der Waals surface area (Å²) in [7, 11) is -6.47. The number of carbonyl (C=O) groups excluding carboxylic acids is 1. The molecule has 0 aromatic carbocycles. The summed E-state index contributed by atoms with van der Waals surface area (Å²) in [6.07, 6.45) is 5.84. The van der Waals surface area contributed by atoms with Gasteiger partial charge in [0.2, 0.25) is 5.91 Å². The van der Waals surface area contributed by atoms with Crippen molar-refractivity contribution in [3.05, 3.63) is 50.6 Å². The van der Waals surface area contributed by atoms with E-state index in [9.17, 15) is 23.8 Å². The second-order valence-corrected chi connectivity index (χ2v) is 12.9. The fourth-order valence-corrected chi connectivity index (χ4v) is 10.8. The standard InChI is InChI=1S/C18H30N2O5P2/c1-5-11-26(24,12-6-2)18(27(25,13-7-3)14-8-4)20-15(17(22)23)9-10-16(19)21/h5-8,15,18,20H,1-4,9-14H2,(H2,19,21)(H,22,23)/t15-/m0/s1. The van der Waals surface area contributed by atoms with Crippen molar-refractivity contribution in [1.29, 1.82) is 0 Å². The molecule has 0 unspecified atom stereocenters. The van der Waals surface area contributed by atoms with Crippen LogP contribution in [0.3, 0.4) is 0 Å². The van der Waals surface area contributed by atoms with E-state index in [2.05, 4.69) is 31.6 Å². The number of hydrogen-bond donors (Lipinski definition) is 3. The van der Waals surface area contributed by atoms with Crippen molar-refractivity contribution in [2.45, 2.75) is 24.4 Å². The van der Waals surface area contributed by atoms with Gasteiger partial charge in [-0.2, -0.15) is 0 Å². The molecule has 0 heterocycles. The molecule has 0 aliphatic heterocycles. The number of hydrogen-bond acceptors (Lipinski definition) is 5. The predicted molar refractivity (Wildman–Crippen MR) is 112 cm³/mol. The number of carboxylic acid groups (broad SMARTS) is 1. The Balaban J connectivity index is 6.21. The van der Waals surface area contributed by atoms with Gasteiger partial charge in [-0.25, -0.2) is 0 Å². The summed E-state index contributed by atoms with van der Waals surface area (Å²) in [5, 5.41) is 12.3. The SMILES string of the molecule is C=CCP(=O)(CC=C)C(N[C@@H](CCC(N)=O)C(=O)O)P(=O)(CC=C)CC=C. The van der Waals surface area contributed by atoms with Crippen LogP contribution in [-0.2, 0) is 18.7 Å². The number of rotatable bonds is 16. The fourth-order valence-electron chi connectivity index (χ4n) is 2.82. The first-order chi connectivity index (χ1) is 12.6. The van der Waals surface area contributed by atoms with Crippen LogP contribution in [0.2, 0.25) is 0 Å². The molecule has 4 N–H and O–H groups in total. The van der Waals surface area contributed by atoms with Gasteiger partial charge in [0.05, 0.1) is 0 Å². The number of nitrogens with two attached hydrogens (primary N) is 1. The van der Waals surface area contributed by atoms with Crippen molar-refractivity contribution in [2.24, 2.45) is 5.73 Å². The van der Waals surface area contributed by atoms with Crippen LogP contribution in [0.15, 0.2) is 50.6 Å². The first-order valence-electron chi connectivity index (χ1n) is 8.46. The quantitative estimate of drug-likeness (QED) is 0.262. The van der Waals surface area contributed by atoms with E-state index in [4.69, 9.17) is 5.73 Å². The number of amides is 1. The monoisotopic (exact) mass is 416 g/mol. The van der Waals surface area contributed by atoms with Gasteiger partial charge in [0.1, 0.15) is 25.8 Å². The lowest BCUT2D eigenvalue weighted by molar-refractivity contribution is -0.139. The molecule has 152 valence electrons. The van der Waals surface area contributed by atoms with E-state index in [-0.39, 0.29) is 37.5 Å². The molecule has 27 heavy (non-hydrogen) atoms. The van der Waals surface area contributed by atoms with Gasteiger partial charge in [-0.1, -0.05) is 24.3 Å². The van der Waals surface area contributed by atoms with Crippen LogP contribution in [0.1, 0.15) is 12.8 Å². The number of carboxylic acids is 1. The molecule has 0 aromatic heterocycles. The van der Waals surface area contributed by atoms with Gasteiger partial charge >= 0.3 is 5.97 Å². The van der Waals surface area contributed by atoms with Crippen molar-refractivity contribution in [3.8, 4) is 0 Å². The van der Waals surface area contributed by atoms with Crippen LogP contribution >= 0.6 is 14.3 Å². The number of allylic oxidation sites excluding steroid dienone is 4. The normalized spacial score (nSPS) is 12.9. The van der Waals surface area contributed by atoms with Gasteiger partial charge < -0.3 is 20.0 Å². The number of carbonyl (C=O) groups is 2. The Labute approximate surface area is 161 Å². The fraction of sp³-hybridized carbons (Fsp3) is 0.444. The topological polar surface area (TPSA) is 127 Å². The van der Waals surface area contributed by atoms with E-state index in [1.807, 2.05) is 0 Å². The van der Waals surface area contributed by atoms with Crippen LogP contribution in [0, 0.1) is 0 Å². The van der Waals surface area contributed by atoms with E-state index in [1.54, 1.807) is 0 Å². The minimum Gasteiger partial charge on any atom is -0.480 e. The lowest BCUT2D eigenvalue weighted by Crippen LogP contribution is -2.44. The zero-order valence-corrected chi connectivity index (χ0v) is 17.4. The van der Waals surface area contributed by atoms with Gasteiger partial charge in [0, 0.05) is 31.1 Å². The average molecular weight is 416 g/mol. The van der Waals surface area contributed by atoms with Gasteiger partial charge in [-0.05, 0) is 6.42 Å². The summed E-state index contributed by atoms with van der Waals surface area (Å²) in [5.74, 6) is -1.89. The molecule has 0 saturated carbocycles. The van der Waals surface area contributed by atoms with Gasteiger partial charge in [0.15, 0.2) is 0 Å². The Morgan fingerprint density at radius 1 is 0.926 bits per heavy atom. The second kappa shape index (κ2) is 11.9. The summed E-state index contributed by atoms with van der Waals surface area (Å²) in [4.78, 5) is 22.7. The highest BCUT2D eigenvalue weighted by atomic mass is 31.2. The summed E-state index contributed by atoms with van der Waals surface area (Å²) in [5.41, 5.74) is 4.02. The lowest BCUT2D eigenvalue weighted by Gasteiger charge is -2.35. The van der Waals surface area contributed by atoms with Crippen molar-refractivity contribution >= 4 is 26.2 Å². The van der Waals surface area contributed by atoms with E-state index < -0.39 is 37.7 Å². The first kappa shape index (κ1) is 25.3. The maximum absolute atomic E-state index is 13.7. The third-order valence-electron chi connectivity index (χ3n) is 3.97. The minimum atomic E-state index is -3.24. The average Bonchev–Trinajstić information content (AvgIpc) is 2.54. The second-order valence-electron chi connectivity index (χ2n) is 6.23. The van der Waals surface area contributed by atoms with Crippen molar-refractivity contribution in [2.75, 3.05) is 24.6 Å². The van der Waals surface area contributed by atoms with Crippen LogP contribution in [-0.4, -0.2) is 53.2 Å². The molecule has 0 fully saturated rings. The Bertz CT molecular complexity index is 609. The molecule has 1 amide bonds. The Kier molecular flexibility index (Phi) is 11.2. The molecule has 0 rings (SSSR count). The van der Waals surface area contributed by atoms with Gasteiger partial charge in [-0.3, -0.25) is 14.9 Å². The van der Waals surface area contributed by atoms with Crippen LogP contribution < -0.4 is 11.1 Å². The molecule has 7 nitrogen and oxygen atoms in total. The Hall–Kier alpha value is -1.68. The highest BCUT2D eigenvalue weighted by molar-refractivity contribution is 7.82. The highest BCUT2D eigenvalue weighted by Gasteiger charge is 2.44. The van der Waals surface area contributed by atoms with Crippen LogP contribution in [0.4, 0.5) is 0 Å². The summed E-state index contributed by atoms with van der Waals surface area (Å²) >= 11 is 0. The first-order valence-corrected chi connectivity index (χ1v) is 12.8. The van der Waals surface area contributed by atoms with Gasteiger partial charge in [-0.15, -0.1) is 26.3 Å². The molecule has 0 bridgehead atoms. The third-order valence-corrected chi connectivity index (χ3v) is 12.1. The van der Waals surface area contributed by atoms with Crippen molar-refractivity contribution in [3.63, 3.8) is 0 Å². The zero-order chi connectivity index (χ0) is 21.1. The minimum absolute atomic E-state index is 0.0666. The highest BCUT2D eigenvalue weighted by Crippen LogP contribution is 2.67. The summed E-state index contributed by atoms with van der Waals surface area (Å²) < 4.78 is 27.4. The Morgan fingerprint density at radius 2 is 1.30 bits per heavy atom. The van der Waals surface area contributed by atoms with E-state index in [0.29, 0.717) is 0 Å². The summed E-state index contributed by atoms with van der Waals surface area (Å²) in [6, 6.07) is -1.23. The Morgan fingerprint density at radius 3 is 1.56 bits per heavy atom. The van der Waals surface area contributed by atoms with E-state index >= 15 is 0 Å². The van der Waals surface area contributed by atoms with E-state index in [0.717, 1.165) is 0 Å². The van der Waals surface area contributed by atoms with E-state index in [1.165, 1.54) is 24.3 Å². The lowest BCUT2D eigenvalue weighted by atomic mass is 10.1. The molecule has 0 saturated heterocycles. The number of aliphatic carboxylic acids is 1. The van der Waals surface area contributed by atoms with Crippen LogP contribution in [0.5, 0.6) is 0 Å². The molecular weight excluding hydrogens is 386 g/mol. The smallest absolute Gasteiger partial charge is 0.320 e. The summed E-state index contributed by atoms with van der Waals surface area (Å²) in [6.45, 7) is 14.5. The molecule has 0 aliphatic rings. The number of primary amides is 1. The molecular formula is C18H30N2O5P2. The molecule has 0 spiro atoms. The largest absolute Gasteiger partial charge is 0.480 e. The molecule has 0 aromatic rings.